The molecule has 0 spiro atoms. The number of fused-ring (bicyclic) bond motifs is 1. The van der Waals surface area contributed by atoms with E-state index in [0.717, 1.165) is 23.5 Å². The highest BCUT2D eigenvalue weighted by molar-refractivity contribution is 7.18. The summed E-state index contributed by atoms with van der Waals surface area (Å²) in [6.45, 7) is 0.848. The Morgan fingerprint density at radius 1 is 1.16 bits per heavy atom. The first-order valence-corrected chi connectivity index (χ1v) is 7.08. The van der Waals surface area contributed by atoms with Crippen LogP contribution in [0.15, 0.2) is 42.7 Å². The molecule has 0 radical (unpaired) electrons. The number of pyridine rings is 1. The number of nitrogens with zero attached hydrogens (tertiary/aromatic N) is 2. The average Bonchev–Trinajstić information content (AvgIpc) is 2.81. The van der Waals surface area contributed by atoms with Gasteiger partial charge < -0.3 is 5.32 Å². The SMILES string of the molecule is CNCc1cncc(Cc2nc3ccccc3s2)c1. The number of benzene rings is 1. The van der Waals surface area contributed by atoms with Gasteiger partial charge in [-0.1, -0.05) is 18.2 Å². The van der Waals surface area contributed by atoms with Gasteiger partial charge in [0.25, 0.3) is 0 Å². The van der Waals surface area contributed by atoms with Gasteiger partial charge in [-0.3, -0.25) is 4.98 Å². The summed E-state index contributed by atoms with van der Waals surface area (Å²) in [5, 5.41) is 4.29. The monoisotopic (exact) mass is 269 g/mol. The van der Waals surface area contributed by atoms with Crippen LogP contribution >= 0.6 is 11.3 Å². The summed E-state index contributed by atoms with van der Waals surface area (Å²) >= 11 is 1.76. The molecule has 2 heterocycles. The third-order valence-electron chi connectivity index (χ3n) is 2.93. The maximum Gasteiger partial charge on any atom is 0.0983 e. The molecule has 0 bridgehead atoms. The topological polar surface area (TPSA) is 37.8 Å². The summed E-state index contributed by atoms with van der Waals surface area (Å²) in [6.07, 6.45) is 4.67. The molecule has 0 unspecified atom stereocenters. The largest absolute Gasteiger partial charge is 0.316 e. The van der Waals surface area contributed by atoms with Crippen LogP contribution in [0.5, 0.6) is 0 Å². The van der Waals surface area contributed by atoms with Crippen molar-refractivity contribution in [2.45, 2.75) is 13.0 Å². The average molecular weight is 269 g/mol. The van der Waals surface area contributed by atoms with Crippen molar-refractivity contribution in [1.82, 2.24) is 15.3 Å². The minimum Gasteiger partial charge on any atom is -0.316 e. The van der Waals surface area contributed by atoms with E-state index in [9.17, 15) is 0 Å². The molecule has 19 heavy (non-hydrogen) atoms. The predicted molar refractivity (Wildman–Crippen MR) is 79.4 cm³/mol. The fourth-order valence-electron chi connectivity index (χ4n) is 2.11. The predicted octanol–water partition coefficient (Wildman–Crippen LogP) is 3.00. The van der Waals surface area contributed by atoms with Crippen molar-refractivity contribution in [2.24, 2.45) is 0 Å². The van der Waals surface area contributed by atoms with E-state index in [1.807, 2.05) is 25.5 Å². The third kappa shape index (κ3) is 2.80. The molecular formula is C15H15N3S. The van der Waals surface area contributed by atoms with Crippen molar-refractivity contribution in [3.05, 3.63) is 58.9 Å². The molecule has 3 rings (SSSR count). The number of hydrogen-bond acceptors (Lipinski definition) is 4. The van der Waals surface area contributed by atoms with Crippen molar-refractivity contribution >= 4 is 21.6 Å². The molecule has 0 atom stereocenters. The molecule has 1 N–H and O–H groups in total. The van der Waals surface area contributed by atoms with E-state index in [1.54, 1.807) is 11.3 Å². The van der Waals surface area contributed by atoms with Crippen molar-refractivity contribution in [3.63, 3.8) is 0 Å². The van der Waals surface area contributed by atoms with Crippen LogP contribution in [-0.4, -0.2) is 17.0 Å². The van der Waals surface area contributed by atoms with Crippen molar-refractivity contribution in [2.75, 3.05) is 7.05 Å². The Morgan fingerprint density at radius 3 is 2.84 bits per heavy atom. The number of aromatic nitrogens is 2. The Bertz CT molecular complexity index is 657. The lowest BCUT2D eigenvalue weighted by Gasteiger charge is -2.02. The van der Waals surface area contributed by atoms with Crippen LogP contribution in [0.3, 0.4) is 0 Å². The summed E-state index contributed by atoms with van der Waals surface area (Å²) in [5.41, 5.74) is 3.51. The summed E-state index contributed by atoms with van der Waals surface area (Å²) < 4.78 is 1.25. The van der Waals surface area contributed by atoms with E-state index in [-0.39, 0.29) is 0 Å². The molecule has 2 aromatic heterocycles. The quantitative estimate of drug-likeness (QED) is 0.791. The minimum atomic E-state index is 0.848. The number of nitrogens with one attached hydrogen (secondary N) is 1. The molecule has 0 fully saturated rings. The van der Waals surface area contributed by atoms with E-state index >= 15 is 0 Å². The van der Waals surface area contributed by atoms with Crippen LogP contribution in [0.2, 0.25) is 0 Å². The molecule has 0 aliphatic heterocycles. The molecule has 0 amide bonds. The number of rotatable bonds is 4. The van der Waals surface area contributed by atoms with Crippen LogP contribution in [0.4, 0.5) is 0 Å². The first-order chi connectivity index (χ1) is 9.35. The van der Waals surface area contributed by atoms with Gasteiger partial charge in [0.2, 0.25) is 0 Å². The molecular weight excluding hydrogens is 254 g/mol. The molecule has 0 aliphatic carbocycles. The van der Waals surface area contributed by atoms with Crippen LogP contribution in [0.25, 0.3) is 10.2 Å². The highest BCUT2D eigenvalue weighted by atomic mass is 32.1. The molecule has 0 saturated carbocycles. The molecule has 4 heteroatoms. The smallest absolute Gasteiger partial charge is 0.0983 e. The molecule has 3 aromatic rings. The molecule has 0 saturated heterocycles. The van der Waals surface area contributed by atoms with Crippen molar-refractivity contribution in [1.29, 1.82) is 0 Å². The maximum atomic E-state index is 4.66. The van der Waals surface area contributed by atoms with E-state index in [4.69, 9.17) is 0 Å². The zero-order valence-corrected chi connectivity index (χ0v) is 11.6. The van der Waals surface area contributed by atoms with Gasteiger partial charge in [0.15, 0.2) is 0 Å². The summed E-state index contributed by atoms with van der Waals surface area (Å²) in [5.74, 6) is 0. The van der Waals surface area contributed by atoms with Gasteiger partial charge in [-0.25, -0.2) is 4.98 Å². The van der Waals surface area contributed by atoms with Gasteiger partial charge >= 0.3 is 0 Å². The highest BCUT2D eigenvalue weighted by Gasteiger charge is 2.05. The first kappa shape index (κ1) is 12.3. The normalized spacial score (nSPS) is 11.0. The fraction of sp³-hybridized carbons (Fsp3) is 0.200. The number of hydrogen-bond donors (Lipinski definition) is 1. The van der Waals surface area contributed by atoms with Gasteiger partial charge in [-0.15, -0.1) is 11.3 Å². The van der Waals surface area contributed by atoms with Gasteiger partial charge in [-0.05, 0) is 30.3 Å². The van der Waals surface area contributed by atoms with Crippen LogP contribution in [0.1, 0.15) is 16.1 Å². The molecule has 3 nitrogen and oxygen atoms in total. The Labute approximate surface area is 116 Å². The zero-order valence-electron chi connectivity index (χ0n) is 10.8. The van der Waals surface area contributed by atoms with Gasteiger partial charge in [0, 0.05) is 25.4 Å². The lowest BCUT2D eigenvalue weighted by molar-refractivity contribution is 0.811. The number of para-hydroxylation sites is 1. The Hall–Kier alpha value is -1.78. The standard InChI is InChI=1S/C15H15N3S/c1-16-8-12-6-11(9-17-10-12)7-15-18-13-4-2-3-5-14(13)19-15/h2-6,9-10,16H,7-8H2,1H3. The lowest BCUT2D eigenvalue weighted by Crippen LogP contribution is -2.05. The van der Waals surface area contributed by atoms with Crippen LogP contribution in [-0.2, 0) is 13.0 Å². The molecule has 0 aliphatic rings. The van der Waals surface area contributed by atoms with E-state index in [2.05, 4.69) is 39.6 Å². The summed E-state index contributed by atoms with van der Waals surface area (Å²) in [4.78, 5) is 8.95. The first-order valence-electron chi connectivity index (χ1n) is 6.27. The van der Waals surface area contributed by atoms with E-state index < -0.39 is 0 Å². The summed E-state index contributed by atoms with van der Waals surface area (Å²) in [7, 11) is 1.94. The number of thiazole rings is 1. The second kappa shape index (κ2) is 5.47. The fourth-order valence-corrected chi connectivity index (χ4v) is 3.11. The van der Waals surface area contributed by atoms with Crippen LogP contribution < -0.4 is 5.32 Å². The van der Waals surface area contributed by atoms with Crippen molar-refractivity contribution < 1.29 is 0 Å². The highest BCUT2D eigenvalue weighted by Crippen LogP contribution is 2.23. The second-order valence-electron chi connectivity index (χ2n) is 4.48. The second-order valence-corrected chi connectivity index (χ2v) is 5.60. The zero-order chi connectivity index (χ0) is 13.1. The Balaban J connectivity index is 1.85. The third-order valence-corrected chi connectivity index (χ3v) is 3.96. The van der Waals surface area contributed by atoms with E-state index in [1.165, 1.54) is 15.8 Å². The molecule has 1 aromatic carbocycles. The van der Waals surface area contributed by atoms with Gasteiger partial charge in [0.05, 0.1) is 15.2 Å². The lowest BCUT2D eigenvalue weighted by atomic mass is 10.1. The van der Waals surface area contributed by atoms with E-state index in [0.29, 0.717) is 0 Å². The molecule has 96 valence electrons. The minimum absolute atomic E-state index is 0.848. The Kier molecular flexibility index (Phi) is 3.53. The van der Waals surface area contributed by atoms with Crippen LogP contribution in [0, 0.1) is 0 Å². The van der Waals surface area contributed by atoms with Gasteiger partial charge in [-0.2, -0.15) is 0 Å². The maximum absolute atomic E-state index is 4.66. The Morgan fingerprint density at radius 2 is 2.00 bits per heavy atom. The summed E-state index contributed by atoms with van der Waals surface area (Å²) in [6, 6.07) is 10.5. The van der Waals surface area contributed by atoms with Gasteiger partial charge in [0.1, 0.15) is 0 Å². The van der Waals surface area contributed by atoms with Crippen molar-refractivity contribution in [3.8, 4) is 0 Å².